The van der Waals surface area contributed by atoms with E-state index in [0.29, 0.717) is 52.2 Å². The van der Waals surface area contributed by atoms with Gasteiger partial charge in [-0.25, -0.2) is 4.79 Å². The van der Waals surface area contributed by atoms with Crippen LogP contribution < -0.4 is 5.32 Å². The molecule has 0 bridgehead atoms. The number of aliphatic hydroxyl groups is 1. The Balaban J connectivity index is 1.47. The van der Waals surface area contributed by atoms with E-state index in [9.17, 15) is 9.90 Å². The average Bonchev–Trinajstić information content (AvgIpc) is 3.08. The molecule has 0 saturated carbocycles. The van der Waals surface area contributed by atoms with Gasteiger partial charge in [0.2, 0.25) is 0 Å². The first-order valence-electron chi connectivity index (χ1n) is 9.54. The van der Waals surface area contributed by atoms with Crippen LogP contribution >= 0.6 is 0 Å². The molecular formula is C18H30N4O5. The number of carbonyl (C=O) groups is 1. The van der Waals surface area contributed by atoms with Crippen molar-refractivity contribution in [3.05, 3.63) is 17.5 Å². The lowest BCUT2D eigenvalue weighted by atomic mass is 9.98. The van der Waals surface area contributed by atoms with Gasteiger partial charge in [0.25, 0.3) is 0 Å². The number of amides is 2. The van der Waals surface area contributed by atoms with Crippen molar-refractivity contribution in [3.8, 4) is 0 Å². The van der Waals surface area contributed by atoms with E-state index in [0.717, 1.165) is 17.9 Å². The third kappa shape index (κ3) is 5.90. The molecule has 2 aliphatic rings. The molecule has 3 heterocycles. The number of carbonyl (C=O) groups excluding carboxylic acids is 1. The number of hydrogen-bond acceptors (Lipinski definition) is 7. The molecule has 9 heteroatoms. The van der Waals surface area contributed by atoms with E-state index in [-0.39, 0.29) is 12.1 Å². The first-order chi connectivity index (χ1) is 13.0. The van der Waals surface area contributed by atoms with E-state index in [2.05, 4.69) is 10.5 Å². The molecule has 27 heavy (non-hydrogen) atoms. The van der Waals surface area contributed by atoms with E-state index in [4.69, 9.17) is 14.0 Å². The molecule has 2 amide bonds. The standard InChI is InChI=1S/C18H30N4O5/c1-21(2)12-15-10-13(20-27-15)9-14-3-4-16(23)17(26-14)11-19-18(24)22-5-7-25-8-6-22/h10,14,16-17,23H,3-9,11-12H2,1-2H3,(H,19,24)/t14-,16-,17+/m0/s1. The lowest BCUT2D eigenvalue weighted by Gasteiger charge is -2.34. The average molecular weight is 382 g/mol. The highest BCUT2D eigenvalue weighted by molar-refractivity contribution is 5.74. The topological polar surface area (TPSA) is 100 Å². The van der Waals surface area contributed by atoms with E-state index in [1.165, 1.54) is 0 Å². The zero-order valence-corrected chi connectivity index (χ0v) is 16.1. The van der Waals surface area contributed by atoms with Crippen molar-refractivity contribution >= 4 is 6.03 Å². The minimum atomic E-state index is -0.576. The zero-order chi connectivity index (χ0) is 19.2. The summed E-state index contributed by atoms with van der Waals surface area (Å²) in [6, 6.07) is 1.81. The molecule has 1 aromatic heterocycles. The summed E-state index contributed by atoms with van der Waals surface area (Å²) >= 11 is 0. The van der Waals surface area contributed by atoms with Gasteiger partial charge in [0.05, 0.1) is 37.7 Å². The summed E-state index contributed by atoms with van der Waals surface area (Å²) in [5.74, 6) is 0.820. The summed E-state index contributed by atoms with van der Waals surface area (Å²) in [4.78, 5) is 15.9. The van der Waals surface area contributed by atoms with Crippen molar-refractivity contribution in [2.24, 2.45) is 0 Å². The molecule has 0 aliphatic carbocycles. The number of ether oxygens (including phenoxy) is 2. The minimum absolute atomic E-state index is 0.0454. The maximum absolute atomic E-state index is 12.2. The number of nitrogens with zero attached hydrogens (tertiary/aromatic N) is 3. The summed E-state index contributed by atoms with van der Waals surface area (Å²) in [5.41, 5.74) is 0.851. The number of aromatic nitrogens is 1. The van der Waals surface area contributed by atoms with Crippen molar-refractivity contribution in [3.63, 3.8) is 0 Å². The fourth-order valence-electron chi connectivity index (χ4n) is 3.42. The van der Waals surface area contributed by atoms with E-state index < -0.39 is 12.2 Å². The summed E-state index contributed by atoms with van der Waals surface area (Å²) in [6.45, 7) is 3.29. The highest BCUT2D eigenvalue weighted by atomic mass is 16.5. The van der Waals surface area contributed by atoms with Gasteiger partial charge in [-0.1, -0.05) is 5.16 Å². The van der Waals surface area contributed by atoms with Gasteiger partial charge in [-0.15, -0.1) is 0 Å². The van der Waals surface area contributed by atoms with E-state index in [1.807, 2.05) is 25.1 Å². The number of hydrogen-bond donors (Lipinski definition) is 2. The van der Waals surface area contributed by atoms with Gasteiger partial charge < -0.3 is 34.2 Å². The van der Waals surface area contributed by atoms with Crippen LogP contribution in [0.4, 0.5) is 4.79 Å². The Morgan fingerprint density at radius 2 is 2.15 bits per heavy atom. The Kier molecular flexibility index (Phi) is 7.06. The van der Waals surface area contributed by atoms with Crippen LogP contribution in [0.3, 0.4) is 0 Å². The Morgan fingerprint density at radius 3 is 2.89 bits per heavy atom. The lowest BCUT2D eigenvalue weighted by molar-refractivity contribution is -0.114. The quantitative estimate of drug-likeness (QED) is 0.726. The van der Waals surface area contributed by atoms with Crippen LogP contribution in [0.5, 0.6) is 0 Å². The third-order valence-electron chi connectivity index (χ3n) is 4.85. The molecule has 2 N–H and O–H groups in total. The first-order valence-corrected chi connectivity index (χ1v) is 9.54. The molecule has 9 nitrogen and oxygen atoms in total. The smallest absolute Gasteiger partial charge is 0.317 e. The largest absolute Gasteiger partial charge is 0.390 e. The van der Waals surface area contributed by atoms with Gasteiger partial charge in [0.1, 0.15) is 6.10 Å². The maximum atomic E-state index is 12.2. The van der Waals surface area contributed by atoms with Crippen molar-refractivity contribution in [1.82, 2.24) is 20.3 Å². The lowest BCUT2D eigenvalue weighted by Crippen LogP contribution is -2.51. The first kappa shape index (κ1) is 20.1. The van der Waals surface area contributed by atoms with Crippen LogP contribution in [0, 0.1) is 0 Å². The molecule has 2 saturated heterocycles. The van der Waals surface area contributed by atoms with Crippen LogP contribution in [-0.2, 0) is 22.4 Å². The van der Waals surface area contributed by atoms with Gasteiger partial charge in [0, 0.05) is 32.1 Å². The fraction of sp³-hybridized carbons (Fsp3) is 0.778. The second kappa shape index (κ2) is 9.50. The molecule has 0 unspecified atom stereocenters. The molecule has 2 aliphatic heterocycles. The molecule has 2 fully saturated rings. The number of rotatable bonds is 6. The number of morpholine rings is 1. The van der Waals surface area contributed by atoms with Crippen LogP contribution in [0.15, 0.2) is 10.6 Å². The second-order valence-corrected chi connectivity index (χ2v) is 7.45. The minimum Gasteiger partial charge on any atom is -0.390 e. The van der Waals surface area contributed by atoms with Gasteiger partial charge in [-0.05, 0) is 26.9 Å². The Bertz CT molecular complexity index is 602. The van der Waals surface area contributed by atoms with Gasteiger partial charge >= 0.3 is 6.03 Å². The van der Waals surface area contributed by atoms with Crippen molar-refractivity contribution in [1.29, 1.82) is 0 Å². The van der Waals surface area contributed by atoms with Crippen molar-refractivity contribution < 1.29 is 23.9 Å². The molecule has 1 aromatic rings. The van der Waals surface area contributed by atoms with Crippen molar-refractivity contribution in [2.45, 2.75) is 44.1 Å². The number of urea groups is 1. The molecule has 3 rings (SSSR count). The number of nitrogens with one attached hydrogen (secondary N) is 1. The van der Waals surface area contributed by atoms with Gasteiger partial charge in [0.15, 0.2) is 5.76 Å². The van der Waals surface area contributed by atoms with E-state index >= 15 is 0 Å². The fourth-order valence-corrected chi connectivity index (χ4v) is 3.42. The SMILES string of the molecule is CN(C)Cc1cc(C[C@@H]2CC[C@H](O)[C@@H](CNC(=O)N3CCOCC3)O2)no1. The van der Waals surface area contributed by atoms with Crippen LogP contribution in [0.2, 0.25) is 0 Å². The summed E-state index contributed by atoms with van der Waals surface area (Å²) in [7, 11) is 3.95. The molecule has 152 valence electrons. The normalized spacial score (nSPS) is 26.4. The summed E-state index contributed by atoms with van der Waals surface area (Å²) in [5, 5.41) is 17.2. The predicted octanol–water partition coefficient (Wildman–Crippen LogP) is 0.229. The summed E-state index contributed by atoms with van der Waals surface area (Å²) in [6.07, 6.45) is 0.999. The Hall–Kier alpha value is -1.68. The van der Waals surface area contributed by atoms with Crippen LogP contribution in [0.1, 0.15) is 24.3 Å². The van der Waals surface area contributed by atoms with Gasteiger partial charge in [-0.2, -0.15) is 0 Å². The maximum Gasteiger partial charge on any atom is 0.317 e. The van der Waals surface area contributed by atoms with Crippen LogP contribution in [0.25, 0.3) is 0 Å². The number of aliphatic hydroxyl groups excluding tert-OH is 1. The van der Waals surface area contributed by atoms with Gasteiger partial charge in [-0.3, -0.25) is 0 Å². The Morgan fingerprint density at radius 1 is 1.37 bits per heavy atom. The highest BCUT2D eigenvalue weighted by Gasteiger charge is 2.31. The molecule has 0 radical (unpaired) electrons. The molecule has 0 aromatic carbocycles. The highest BCUT2D eigenvalue weighted by Crippen LogP contribution is 2.22. The molecule has 0 spiro atoms. The third-order valence-corrected chi connectivity index (χ3v) is 4.85. The Labute approximate surface area is 159 Å². The van der Waals surface area contributed by atoms with Crippen molar-refractivity contribution in [2.75, 3.05) is 46.9 Å². The zero-order valence-electron chi connectivity index (χ0n) is 16.1. The van der Waals surface area contributed by atoms with E-state index in [1.54, 1.807) is 4.90 Å². The molecule has 3 atom stereocenters. The predicted molar refractivity (Wildman–Crippen MR) is 97.3 cm³/mol. The second-order valence-electron chi connectivity index (χ2n) is 7.45. The van der Waals surface area contributed by atoms with Crippen LogP contribution in [-0.4, -0.2) is 91.3 Å². The monoisotopic (exact) mass is 382 g/mol. The summed E-state index contributed by atoms with van der Waals surface area (Å²) < 4.78 is 16.6. The molecular weight excluding hydrogens is 352 g/mol.